The van der Waals surface area contributed by atoms with Crippen LogP contribution in [0, 0.1) is 0 Å². The van der Waals surface area contributed by atoms with Crippen molar-refractivity contribution in [3.05, 3.63) is 29.8 Å². The molecule has 0 radical (unpaired) electrons. The summed E-state index contributed by atoms with van der Waals surface area (Å²) in [7, 11) is -3.46. The summed E-state index contributed by atoms with van der Waals surface area (Å²) in [6.45, 7) is 3.96. The molecule has 19 heavy (non-hydrogen) atoms. The molecule has 0 heterocycles. The number of benzene rings is 1. The van der Waals surface area contributed by atoms with Crippen molar-refractivity contribution >= 4 is 27.6 Å². The van der Waals surface area contributed by atoms with E-state index in [9.17, 15) is 13.2 Å². The van der Waals surface area contributed by atoms with E-state index >= 15 is 0 Å². The van der Waals surface area contributed by atoms with E-state index in [1.165, 1.54) is 31.2 Å². The van der Waals surface area contributed by atoms with Crippen molar-refractivity contribution in [2.45, 2.75) is 25.2 Å². The lowest BCUT2D eigenvalue weighted by molar-refractivity contribution is 0.101. The molecule has 4 nitrogen and oxygen atoms in total. The number of thioether (sulfide) groups is 1. The van der Waals surface area contributed by atoms with E-state index in [0.29, 0.717) is 12.1 Å². The van der Waals surface area contributed by atoms with Crippen LogP contribution in [0.4, 0.5) is 0 Å². The smallest absolute Gasteiger partial charge is 0.240 e. The Hall–Kier alpha value is -0.850. The van der Waals surface area contributed by atoms with E-state index < -0.39 is 10.0 Å². The Morgan fingerprint density at radius 1 is 1.26 bits per heavy atom. The zero-order valence-corrected chi connectivity index (χ0v) is 12.8. The summed E-state index contributed by atoms with van der Waals surface area (Å²) in [4.78, 5) is 11.3. The first-order chi connectivity index (χ1) is 8.97. The normalized spacial score (nSPS) is 11.5. The molecule has 0 aliphatic carbocycles. The van der Waals surface area contributed by atoms with Crippen LogP contribution in [-0.2, 0) is 10.0 Å². The Balaban J connectivity index is 2.59. The molecule has 0 amide bonds. The second-order valence-electron chi connectivity index (χ2n) is 4.03. The highest BCUT2D eigenvalue weighted by Gasteiger charge is 2.13. The molecule has 1 N–H and O–H groups in total. The molecule has 1 rings (SSSR count). The Labute approximate surface area is 119 Å². The van der Waals surface area contributed by atoms with Gasteiger partial charge in [-0.25, -0.2) is 13.1 Å². The van der Waals surface area contributed by atoms with Crippen LogP contribution >= 0.6 is 11.8 Å². The van der Waals surface area contributed by atoms with Crippen LogP contribution < -0.4 is 4.72 Å². The van der Waals surface area contributed by atoms with Crippen molar-refractivity contribution in [1.29, 1.82) is 0 Å². The van der Waals surface area contributed by atoms with Crippen molar-refractivity contribution in [3.8, 4) is 0 Å². The maximum Gasteiger partial charge on any atom is 0.240 e. The largest absolute Gasteiger partial charge is 0.295 e. The van der Waals surface area contributed by atoms with Gasteiger partial charge >= 0.3 is 0 Å². The van der Waals surface area contributed by atoms with Crippen molar-refractivity contribution in [2.75, 3.05) is 18.1 Å². The first-order valence-corrected chi connectivity index (χ1v) is 8.79. The second kappa shape index (κ2) is 7.67. The lowest BCUT2D eigenvalue weighted by Crippen LogP contribution is -2.25. The fraction of sp³-hybridized carbons (Fsp3) is 0.462. The minimum absolute atomic E-state index is 0.0755. The van der Waals surface area contributed by atoms with Gasteiger partial charge in [-0.05, 0) is 37.0 Å². The van der Waals surface area contributed by atoms with Gasteiger partial charge in [0.15, 0.2) is 5.78 Å². The van der Waals surface area contributed by atoms with Crippen LogP contribution in [0.2, 0.25) is 0 Å². The molecule has 0 spiro atoms. The van der Waals surface area contributed by atoms with Crippen molar-refractivity contribution in [1.82, 2.24) is 4.72 Å². The summed E-state index contributed by atoms with van der Waals surface area (Å²) in [6, 6.07) is 5.98. The topological polar surface area (TPSA) is 63.2 Å². The van der Waals surface area contributed by atoms with Gasteiger partial charge in [-0.1, -0.05) is 19.1 Å². The van der Waals surface area contributed by atoms with Gasteiger partial charge in [0.05, 0.1) is 4.90 Å². The van der Waals surface area contributed by atoms with E-state index in [-0.39, 0.29) is 10.7 Å². The number of carbonyl (C=O) groups excluding carboxylic acids is 1. The fourth-order valence-electron chi connectivity index (χ4n) is 1.48. The molecule has 0 aliphatic rings. The zero-order chi connectivity index (χ0) is 14.3. The number of sulfonamides is 1. The average Bonchev–Trinajstić information content (AvgIpc) is 2.38. The van der Waals surface area contributed by atoms with Crippen LogP contribution in [0.5, 0.6) is 0 Å². The van der Waals surface area contributed by atoms with Gasteiger partial charge in [-0.15, -0.1) is 0 Å². The zero-order valence-electron chi connectivity index (χ0n) is 11.2. The summed E-state index contributed by atoms with van der Waals surface area (Å²) < 4.78 is 26.4. The number of hydrogen-bond donors (Lipinski definition) is 1. The third-order valence-corrected chi connectivity index (χ3v) is 5.00. The average molecular weight is 301 g/mol. The number of ketones is 1. The van der Waals surface area contributed by atoms with Gasteiger partial charge in [0, 0.05) is 12.1 Å². The number of nitrogens with one attached hydrogen (secondary N) is 1. The fourth-order valence-corrected chi connectivity index (χ4v) is 3.19. The second-order valence-corrected chi connectivity index (χ2v) is 7.19. The molecule has 0 fully saturated rings. The molecule has 0 atom stereocenters. The summed E-state index contributed by atoms with van der Waals surface area (Å²) >= 11 is 1.79. The van der Waals surface area contributed by atoms with Gasteiger partial charge in [-0.2, -0.15) is 11.8 Å². The van der Waals surface area contributed by atoms with Crippen LogP contribution in [0.15, 0.2) is 29.2 Å². The SMILES string of the molecule is CCSCCCNS(=O)(=O)c1ccc(C(C)=O)cc1. The predicted octanol–water partition coefficient (Wildman–Crippen LogP) is 2.31. The Morgan fingerprint density at radius 2 is 1.89 bits per heavy atom. The standard InChI is InChI=1S/C13H19NO3S2/c1-3-18-10-4-9-14-19(16,17)13-7-5-12(6-8-13)11(2)15/h5-8,14H,3-4,9-10H2,1-2H3. The molecule has 0 saturated heterocycles. The monoisotopic (exact) mass is 301 g/mol. The first kappa shape index (κ1) is 16.2. The molecular weight excluding hydrogens is 282 g/mol. The van der Waals surface area contributed by atoms with Crippen LogP contribution in [0.1, 0.15) is 30.6 Å². The lowest BCUT2D eigenvalue weighted by atomic mass is 10.2. The number of Topliss-reactive ketones (excluding diaryl/α,β-unsaturated/α-hetero) is 1. The molecule has 106 valence electrons. The van der Waals surface area contributed by atoms with Crippen LogP contribution in [0.3, 0.4) is 0 Å². The highest BCUT2D eigenvalue weighted by Crippen LogP contribution is 2.11. The first-order valence-electron chi connectivity index (χ1n) is 6.16. The van der Waals surface area contributed by atoms with Crippen LogP contribution in [0.25, 0.3) is 0 Å². The van der Waals surface area contributed by atoms with E-state index in [0.717, 1.165) is 17.9 Å². The van der Waals surface area contributed by atoms with Crippen LogP contribution in [-0.4, -0.2) is 32.3 Å². The molecule has 0 saturated carbocycles. The Kier molecular flexibility index (Phi) is 6.54. The maximum atomic E-state index is 11.9. The minimum atomic E-state index is -3.46. The van der Waals surface area contributed by atoms with Gasteiger partial charge in [0.2, 0.25) is 10.0 Å². The molecule has 0 aliphatic heterocycles. The van der Waals surface area contributed by atoms with Gasteiger partial charge in [-0.3, -0.25) is 4.79 Å². The number of hydrogen-bond acceptors (Lipinski definition) is 4. The Morgan fingerprint density at radius 3 is 2.42 bits per heavy atom. The molecule has 0 bridgehead atoms. The third-order valence-electron chi connectivity index (χ3n) is 2.53. The van der Waals surface area contributed by atoms with E-state index in [1.807, 2.05) is 0 Å². The number of rotatable bonds is 8. The summed E-state index contributed by atoms with van der Waals surface area (Å²) in [5.74, 6) is 1.91. The number of carbonyl (C=O) groups is 1. The summed E-state index contributed by atoms with van der Waals surface area (Å²) in [5.41, 5.74) is 0.512. The van der Waals surface area contributed by atoms with Crippen molar-refractivity contribution in [3.63, 3.8) is 0 Å². The van der Waals surface area contributed by atoms with E-state index in [2.05, 4.69) is 11.6 Å². The highest BCUT2D eigenvalue weighted by atomic mass is 32.2. The third kappa shape index (κ3) is 5.34. The molecule has 0 aromatic heterocycles. The molecule has 1 aromatic carbocycles. The highest BCUT2D eigenvalue weighted by molar-refractivity contribution is 7.99. The predicted molar refractivity (Wildman–Crippen MR) is 79.3 cm³/mol. The summed E-state index contributed by atoms with van der Waals surface area (Å²) in [5, 5.41) is 0. The quantitative estimate of drug-likeness (QED) is 0.591. The molecule has 1 aromatic rings. The van der Waals surface area contributed by atoms with Gasteiger partial charge < -0.3 is 0 Å². The van der Waals surface area contributed by atoms with E-state index in [1.54, 1.807) is 11.8 Å². The maximum absolute atomic E-state index is 11.9. The Bertz CT molecular complexity index is 509. The lowest BCUT2D eigenvalue weighted by Gasteiger charge is -2.07. The van der Waals surface area contributed by atoms with Gasteiger partial charge in [0.1, 0.15) is 0 Å². The van der Waals surface area contributed by atoms with Crippen molar-refractivity contribution < 1.29 is 13.2 Å². The summed E-state index contributed by atoms with van der Waals surface area (Å²) in [6.07, 6.45) is 0.809. The molecule has 0 unspecified atom stereocenters. The van der Waals surface area contributed by atoms with E-state index in [4.69, 9.17) is 0 Å². The van der Waals surface area contributed by atoms with Crippen molar-refractivity contribution in [2.24, 2.45) is 0 Å². The van der Waals surface area contributed by atoms with Gasteiger partial charge in [0.25, 0.3) is 0 Å². The molecule has 6 heteroatoms. The molecular formula is C13H19NO3S2. The minimum Gasteiger partial charge on any atom is -0.295 e.